The van der Waals surface area contributed by atoms with Crippen LogP contribution in [0.5, 0.6) is 0 Å². The monoisotopic (exact) mass is 518 g/mol. The Balaban J connectivity index is 1.21. The molecule has 0 saturated carbocycles. The normalized spacial score (nSPS) is 19.8. The molecule has 2 unspecified atom stereocenters. The molecule has 6 rings (SSSR count). The molecule has 2 fully saturated rings. The summed E-state index contributed by atoms with van der Waals surface area (Å²) in [6.45, 7) is 12.3. The number of nitrogens with zero attached hydrogens (tertiary/aromatic N) is 7. The summed E-state index contributed by atoms with van der Waals surface area (Å²) in [7, 11) is 0. The van der Waals surface area contributed by atoms with Crippen molar-refractivity contribution in [3.63, 3.8) is 0 Å². The second-order valence-electron chi connectivity index (χ2n) is 10.6. The highest BCUT2D eigenvalue weighted by Crippen LogP contribution is 2.32. The summed E-state index contributed by atoms with van der Waals surface area (Å²) < 4.78 is 31.7. The fraction of sp³-hybridized carbons (Fsp3) is 0.429. The average molecular weight is 519 g/mol. The Bertz CT molecular complexity index is 1480. The molecule has 0 amide bonds. The second-order valence-corrected chi connectivity index (χ2v) is 10.6. The van der Waals surface area contributed by atoms with Crippen LogP contribution in [0.1, 0.15) is 44.6 Å². The number of likely N-dealkylation sites (N-methyl/N-ethyl adjacent to an activating group) is 1. The summed E-state index contributed by atoms with van der Waals surface area (Å²) in [5.41, 5.74) is 2.35. The van der Waals surface area contributed by atoms with E-state index in [-0.39, 0.29) is 23.2 Å². The number of benzene rings is 1. The maximum absolute atomic E-state index is 15.0. The third kappa shape index (κ3) is 4.41. The Morgan fingerprint density at radius 2 is 1.79 bits per heavy atom. The van der Waals surface area contributed by atoms with Gasteiger partial charge in [-0.3, -0.25) is 9.80 Å². The zero-order valence-corrected chi connectivity index (χ0v) is 22.1. The molecule has 198 valence electrons. The van der Waals surface area contributed by atoms with Gasteiger partial charge in [-0.15, -0.1) is 0 Å². The number of hydrogen-bond donors (Lipinski definition) is 1. The lowest BCUT2D eigenvalue weighted by atomic mass is 10.1. The first-order chi connectivity index (χ1) is 18.3. The molecule has 0 radical (unpaired) electrons. The molecule has 2 bridgehead atoms. The number of piperazine rings is 1. The van der Waals surface area contributed by atoms with E-state index in [2.05, 4.69) is 42.0 Å². The number of hydrogen-bond acceptors (Lipinski definition) is 7. The van der Waals surface area contributed by atoms with E-state index in [0.717, 1.165) is 37.9 Å². The molecule has 2 atom stereocenters. The highest BCUT2D eigenvalue weighted by Gasteiger charge is 2.42. The molecule has 10 heteroatoms. The van der Waals surface area contributed by atoms with Gasteiger partial charge in [0, 0.05) is 49.5 Å². The quantitative estimate of drug-likeness (QED) is 0.366. The topological polar surface area (TPSA) is 75.0 Å². The van der Waals surface area contributed by atoms with E-state index >= 15 is 0 Å². The van der Waals surface area contributed by atoms with Gasteiger partial charge >= 0.3 is 0 Å². The molecule has 38 heavy (non-hydrogen) atoms. The third-order valence-electron chi connectivity index (χ3n) is 7.78. The van der Waals surface area contributed by atoms with E-state index in [1.165, 1.54) is 12.5 Å². The van der Waals surface area contributed by atoms with Crippen molar-refractivity contribution in [1.29, 1.82) is 0 Å². The van der Waals surface area contributed by atoms with Crippen LogP contribution in [-0.2, 0) is 6.54 Å². The van der Waals surface area contributed by atoms with Crippen molar-refractivity contribution < 1.29 is 8.78 Å². The van der Waals surface area contributed by atoms with Gasteiger partial charge in [0.05, 0.1) is 11.7 Å². The van der Waals surface area contributed by atoms with Gasteiger partial charge in [-0.1, -0.05) is 13.0 Å². The molecule has 2 aliphatic heterocycles. The van der Waals surface area contributed by atoms with Crippen LogP contribution in [0.25, 0.3) is 22.3 Å². The molecule has 1 aromatic carbocycles. The maximum Gasteiger partial charge on any atom is 0.229 e. The third-order valence-corrected chi connectivity index (χ3v) is 7.78. The van der Waals surface area contributed by atoms with Crippen LogP contribution in [0.4, 0.5) is 20.5 Å². The average Bonchev–Trinajstić information content (AvgIpc) is 3.58. The van der Waals surface area contributed by atoms with Crippen molar-refractivity contribution in [2.75, 3.05) is 25.0 Å². The number of aryl methyl sites for hydroxylation is 1. The van der Waals surface area contributed by atoms with Crippen LogP contribution in [0.3, 0.4) is 0 Å². The summed E-state index contributed by atoms with van der Waals surface area (Å²) in [4.78, 5) is 22.4. The SMILES string of the molecule is CCN1CC2CC1CN2Cc1ccc(Nc2ncc(F)c(-c3cc(F)c4nc(C)n(C(C)C)c4c3)n2)nc1. The number of fused-ring (bicyclic) bond motifs is 3. The standard InChI is InChI=1S/C28H32F2N8/c1-5-36-14-21-10-20(36)15-37(21)13-18-6-7-25(31-11-18)34-28-32-12-23(30)26(35-28)19-8-22(29)27-24(9-19)38(16(2)3)17(4)33-27/h6-9,11-12,16,20-21H,5,10,13-15H2,1-4H3,(H,31,32,34,35). The number of likely N-dealkylation sites (tertiary alicyclic amines) is 2. The first kappa shape index (κ1) is 24.8. The number of pyridine rings is 1. The van der Waals surface area contributed by atoms with Gasteiger partial charge in [-0.05, 0) is 57.5 Å². The van der Waals surface area contributed by atoms with E-state index in [9.17, 15) is 8.78 Å². The van der Waals surface area contributed by atoms with Gasteiger partial charge < -0.3 is 9.88 Å². The van der Waals surface area contributed by atoms with Gasteiger partial charge in [0.15, 0.2) is 11.6 Å². The molecule has 2 saturated heterocycles. The number of halogens is 2. The van der Waals surface area contributed by atoms with Crippen molar-refractivity contribution >= 4 is 22.8 Å². The first-order valence-corrected chi connectivity index (χ1v) is 13.2. The molecule has 5 heterocycles. The number of rotatable bonds is 7. The highest BCUT2D eigenvalue weighted by molar-refractivity contribution is 5.83. The van der Waals surface area contributed by atoms with E-state index < -0.39 is 11.6 Å². The summed E-state index contributed by atoms with van der Waals surface area (Å²) >= 11 is 0. The molecule has 0 aliphatic carbocycles. The highest BCUT2D eigenvalue weighted by atomic mass is 19.1. The van der Waals surface area contributed by atoms with Gasteiger partial charge in [0.2, 0.25) is 5.95 Å². The Morgan fingerprint density at radius 1 is 1.00 bits per heavy atom. The van der Waals surface area contributed by atoms with Gasteiger partial charge in [0.1, 0.15) is 22.9 Å². The molecule has 3 aromatic heterocycles. The molecule has 8 nitrogen and oxygen atoms in total. The van der Waals surface area contributed by atoms with Crippen molar-refractivity contribution in [2.45, 2.75) is 58.8 Å². The minimum absolute atomic E-state index is 0.0132. The van der Waals surface area contributed by atoms with Gasteiger partial charge in [-0.2, -0.15) is 0 Å². The van der Waals surface area contributed by atoms with Crippen molar-refractivity contribution in [2.24, 2.45) is 0 Å². The van der Waals surface area contributed by atoms with Crippen LogP contribution in [-0.4, -0.2) is 66.0 Å². The molecule has 1 N–H and O–H groups in total. The Labute approximate surface area is 220 Å². The number of anilines is 2. The Morgan fingerprint density at radius 3 is 2.47 bits per heavy atom. The zero-order chi connectivity index (χ0) is 26.6. The Kier molecular flexibility index (Phi) is 6.31. The van der Waals surface area contributed by atoms with E-state index in [1.807, 2.05) is 43.7 Å². The zero-order valence-electron chi connectivity index (χ0n) is 22.1. The van der Waals surface area contributed by atoms with Crippen LogP contribution in [0.2, 0.25) is 0 Å². The maximum atomic E-state index is 15.0. The second kappa shape index (κ2) is 9.67. The lowest BCUT2D eigenvalue weighted by Gasteiger charge is -2.33. The van der Waals surface area contributed by atoms with E-state index in [4.69, 9.17) is 0 Å². The smallest absolute Gasteiger partial charge is 0.229 e. The fourth-order valence-corrected chi connectivity index (χ4v) is 6.04. The number of imidazole rings is 1. The summed E-state index contributed by atoms with van der Waals surface area (Å²) in [6, 6.07) is 8.29. The summed E-state index contributed by atoms with van der Waals surface area (Å²) in [6.07, 6.45) is 4.20. The largest absolute Gasteiger partial charge is 0.326 e. The minimum Gasteiger partial charge on any atom is -0.326 e. The molecule has 4 aromatic rings. The molecule has 0 spiro atoms. The Hall–Kier alpha value is -3.50. The predicted molar refractivity (Wildman–Crippen MR) is 143 cm³/mol. The van der Waals surface area contributed by atoms with Crippen LogP contribution in [0.15, 0.2) is 36.7 Å². The predicted octanol–water partition coefficient (Wildman–Crippen LogP) is 5.08. The number of nitrogens with one attached hydrogen (secondary N) is 1. The summed E-state index contributed by atoms with van der Waals surface area (Å²) in [5, 5.41) is 3.06. The molecular formula is C28H32F2N8. The van der Waals surface area contributed by atoms with Crippen molar-refractivity contribution in [1.82, 2.24) is 34.3 Å². The summed E-state index contributed by atoms with van der Waals surface area (Å²) in [5.74, 6) is 0.296. The van der Waals surface area contributed by atoms with E-state index in [0.29, 0.717) is 34.8 Å². The molecule has 2 aliphatic rings. The molecular weight excluding hydrogens is 486 g/mol. The number of aromatic nitrogens is 5. The van der Waals surface area contributed by atoms with Crippen molar-refractivity contribution in [3.05, 3.63) is 59.7 Å². The first-order valence-electron chi connectivity index (χ1n) is 13.2. The van der Waals surface area contributed by atoms with Crippen LogP contribution in [0, 0.1) is 18.6 Å². The van der Waals surface area contributed by atoms with E-state index in [1.54, 1.807) is 6.07 Å². The van der Waals surface area contributed by atoms with Gasteiger partial charge in [0.25, 0.3) is 0 Å². The van der Waals surface area contributed by atoms with Crippen LogP contribution >= 0.6 is 0 Å². The van der Waals surface area contributed by atoms with Crippen molar-refractivity contribution in [3.8, 4) is 11.3 Å². The minimum atomic E-state index is -0.633. The fourth-order valence-electron chi connectivity index (χ4n) is 6.04. The van der Waals surface area contributed by atoms with Gasteiger partial charge in [-0.25, -0.2) is 28.7 Å². The lowest BCUT2D eigenvalue weighted by Crippen LogP contribution is -2.45. The lowest BCUT2D eigenvalue weighted by molar-refractivity contribution is 0.127. The van der Waals surface area contributed by atoms with Crippen LogP contribution < -0.4 is 5.32 Å².